The molecule has 7 nitrogen and oxygen atoms in total. The quantitative estimate of drug-likeness (QED) is 0.450. The molecule has 0 radical (unpaired) electrons. The molecule has 0 unspecified atom stereocenters. The van der Waals surface area contributed by atoms with Gasteiger partial charge in [-0.2, -0.15) is 4.68 Å². The summed E-state index contributed by atoms with van der Waals surface area (Å²) >= 11 is 0. The zero-order valence-electron chi connectivity index (χ0n) is 17.1. The van der Waals surface area contributed by atoms with Crippen molar-refractivity contribution in [2.75, 3.05) is 31.1 Å². The molecule has 0 N–H and O–H groups in total. The van der Waals surface area contributed by atoms with Gasteiger partial charge >= 0.3 is 0 Å². The van der Waals surface area contributed by atoms with Gasteiger partial charge in [-0.3, -0.25) is 9.69 Å². The van der Waals surface area contributed by atoms with Crippen molar-refractivity contribution in [1.82, 2.24) is 24.9 Å². The minimum absolute atomic E-state index is 0.110. The monoisotopic (exact) mass is 434 g/mol. The number of hydrogen-bond acceptors (Lipinski definition) is 6. The average Bonchev–Trinajstić information content (AvgIpc) is 3.24. The molecular formula is C23H20F2N6O. The second kappa shape index (κ2) is 8.43. The van der Waals surface area contributed by atoms with Gasteiger partial charge in [0.05, 0.1) is 6.04 Å². The fourth-order valence-corrected chi connectivity index (χ4v) is 4.19. The molecule has 1 aliphatic rings. The smallest absolute Gasteiger partial charge is 0.236 e. The van der Waals surface area contributed by atoms with Crippen LogP contribution in [0.15, 0.2) is 60.7 Å². The van der Waals surface area contributed by atoms with Crippen molar-refractivity contribution in [3.05, 3.63) is 83.4 Å². The van der Waals surface area contributed by atoms with E-state index < -0.39 is 0 Å². The van der Waals surface area contributed by atoms with Gasteiger partial charge in [-0.25, -0.2) is 13.8 Å². The second-order valence-corrected chi connectivity index (χ2v) is 7.68. The first-order valence-corrected chi connectivity index (χ1v) is 10.3. The van der Waals surface area contributed by atoms with E-state index in [4.69, 9.17) is 0 Å². The molecule has 3 heterocycles. The molecule has 0 bridgehead atoms. The van der Waals surface area contributed by atoms with Crippen molar-refractivity contribution in [3.8, 4) is 0 Å². The summed E-state index contributed by atoms with van der Waals surface area (Å²) in [6.07, 6.45) is 0.598. The molecule has 2 aromatic heterocycles. The maximum Gasteiger partial charge on any atom is 0.236 e. The predicted molar refractivity (Wildman–Crippen MR) is 116 cm³/mol. The lowest BCUT2D eigenvalue weighted by atomic mass is 9.96. The third-order valence-corrected chi connectivity index (χ3v) is 5.80. The first-order valence-electron chi connectivity index (χ1n) is 10.3. The Bertz CT molecular complexity index is 1190. The molecule has 0 aliphatic carbocycles. The maximum atomic E-state index is 13.5. The molecule has 4 aromatic rings. The summed E-state index contributed by atoms with van der Waals surface area (Å²) in [7, 11) is 0. The molecule has 0 saturated carbocycles. The minimum atomic E-state index is -0.288. The second-order valence-electron chi connectivity index (χ2n) is 7.68. The summed E-state index contributed by atoms with van der Waals surface area (Å²) in [5.74, 6) is 0.198. The fraction of sp³-hybridized carbons (Fsp3) is 0.217. The summed E-state index contributed by atoms with van der Waals surface area (Å²) < 4.78 is 28.2. The third kappa shape index (κ3) is 3.82. The van der Waals surface area contributed by atoms with E-state index in [1.165, 1.54) is 24.3 Å². The van der Waals surface area contributed by atoms with E-state index in [0.717, 1.165) is 47.8 Å². The summed E-state index contributed by atoms with van der Waals surface area (Å²) in [4.78, 5) is 20.0. The normalized spacial score (nSPS) is 14.9. The molecular weight excluding hydrogens is 414 g/mol. The van der Waals surface area contributed by atoms with Crippen LogP contribution in [0, 0.1) is 11.6 Å². The van der Waals surface area contributed by atoms with E-state index in [-0.39, 0.29) is 17.7 Å². The lowest BCUT2D eigenvalue weighted by molar-refractivity contribution is 0.212. The van der Waals surface area contributed by atoms with E-state index in [1.54, 1.807) is 30.3 Å². The van der Waals surface area contributed by atoms with Crippen LogP contribution in [-0.4, -0.2) is 57.5 Å². The van der Waals surface area contributed by atoms with Gasteiger partial charge in [-0.15, -0.1) is 5.10 Å². The van der Waals surface area contributed by atoms with Crippen LogP contribution >= 0.6 is 0 Å². The third-order valence-electron chi connectivity index (χ3n) is 5.80. The van der Waals surface area contributed by atoms with Crippen molar-refractivity contribution in [2.24, 2.45) is 0 Å². The van der Waals surface area contributed by atoms with E-state index in [2.05, 4.69) is 25.1 Å². The fourth-order valence-electron chi connectivity index (χ4n) is 4.19. The Balaban J connectivity index is 1.38. The molecule has 0 atom stereocenters. The number of carbonyl (C=O) groups is 1. The maximum absolute atomic E-state index is 13.5. The number of piperazine rings is 1. The van der Waals surface area contributed by atoms with E-state index in [1.807, 2.05) is 6.07 Å². The van der Waals surface area contributed by atoms with Crippen molar-refractivity contribution >= 4 is 23.4 Å². The van der Waals surface area contributed by atoms with Crippen LogP contribution in [0.1, 0.15) is 17.2 Å². The van der Waals surface area contributed by atoms with Crippen LogP contribution in [-0.2, 0) is 4.79 Å². The lowest BCUT2D eigenvalue weighted by Gasteiger charge is -2.40. The van der Waals surface area contributed by atoms with Crippen LogP contribution in [0.3, 0.4) is 0 Å². The predicted octanol–water partition coefficient (Wildman–Crippen LogP) is 3.05. The van der Waals surface area contributed by atoms with Gasteiger partial charge in [0.15, 0.2) is 0 Å². The van der Waals surface area contributed by atoms with Gasteiger partial charge in [0.1, 0.15) is 23.0 Å². The number of carbonyl (C=O) groups excluding carboxylic acids is 1. The van der Waals surface area contributed by atoms with Gasteiger partial charge in [0.25, 0.3) is 0 Å². The number of halogens is 2. The van der Waals surface area contributed by atoms with Gasteiger partial charge in [0, 0.05) is 26.2 Å². The number of aromatic nitrogens is 4. The Morgan fingerprint density at radius 2 is 1.41 bits per heavy atom. The first kappa shape index (κ1) is 20.2. The van der Waals surface area contributed by atoms with Crippen LogP contribution in [0.2, 0.25) is 0 Å². The molecule has 0 spiro atoms. The Morgan fingerprint density at radius 3 is 1.97 bits per heavy atom. The summed E-state index contributed by atoms with van der Waals surface area (Å²) in [5, 5.41) is 7.72. The average molecular weight is 434 g/mol. The first-order chi connectivity index (χ1) is 15.6. The number of nitrogens with zero attached hydrogens (tertiary/aromatic N) is 6. The standard InChI is InChI=1S/C23H20F2N6O/c24-18-5-1-16(2-6-18)22(17-3-7-19(25)8-4-17)30-13-11-29(12-14-30)21-10-9-20-23(26-21)27-28-31(20)15-32/h1-10,15,22H,11-14H2. The summed E-state index contributed by atoms with van der Waals surface area (Å²) in [5.41, 5.74) is 2.90. The SMILES string of the molecule is O=Cn1nnc2nc(N3CCN(C(c4ccc(F)cc4)c4ccc(F)cc4)CC3)ccc21. The Kier molecular flexibility index (Phi) is 5.32. The summed E-state index contributed by atoms with van der Waals surface area (Å²) in [6.45, 7) is 2.92. The Morgan fingerprint density at radius 1 is 0.812 bits per heavy atom. The topological polar surface area (TPSA) is 67.2 Å². The zero-order valence-corrected chi connectivity index (χ0v) is 17.1. The minimum Gasteiger partial charge on any atom is -0.354 e. The van der Waals surface area contributed by atoms with Gasteiger partial charge < -0.3 is 4.90 Å². The van der Waals surface area contributed by atoms with Crippen LogP contribution in [0.25, 0.3) is 11.2 Å². The number of benzene rings is 2. The van der Waals surface area contributed by atoms with Gasteiger partial charge in [-0.1, -0.05) is 29.5 Å². The Hall–Kier alpha value is -3.72. The number of pyridine rings is 1. The van der Waals surface area contributed by atoms with Crippen molar-refractivity contribution in [2.45, 2.75) is 6.04 Å². The highest BCUT2D eigenvalue weighted by Gasteiger charge is 2.27. The highest BCUT2D eigenvalue weighted by atomic mass is 19.1. The molecule has 1 fully saturated rings. The number of anilines is 1. The van der Waals surface area contributed by atoms with Gasteiger partial charge in [0.2, 0.25) is 12.1 Å². The molecule has 0 amide bonds. The van der Waals surface area contributed by atoms with Crippen molar-refractivity contribution in [3.63, 3.8) is 0 Å². The van der Waals surface area contributed by atoms with Crippen molar-refractivity contribution in [1.29, 1.82) is 0 Å². The molecule has 9 heteroatoms. The number of fused-ring (bicyclic) bond motifs is 1. The zero-order chi connectivity index (χ0) is 22.1. The van der Waals surface area contributed by atoms with E-state index in [9.17, 15) is 13.6 Å². The largest absolute Gasteiger partial charge is 0.354 e. The lowest BCUT2D eigenvalue weighted by Crippen LogP contribution is -2.48. The molecule has 162 valence electrons. The molecule has 2 aromatic carbocycles. The molecule has 32 heavy (non-hydrogen) atoms. The highest BCUT2D eigenvalue weighted by molar-refractivity contribution is 5.78. The van der Waals surface area contributed by atoms with Crippen LogP contribution < -0.4 is 4.90 Å². The number of hydrogen-bond donors (Lipinski definition) is 0. The number of rotatable bonds is 5. The summed E-state index contributed by atoms with van der Waals surface area (Å²) in [6, 6.07) is 16.5. The van der Waals surface area contributed by atoms with E-state index in [0.29, 0.717) is 17.6 Å². The Labute approximate surface area is 182 Å². The molecule has 1 saturated heterocycles. The van der Waals surface area contributed by atoms with Crippen LogP contribution in [0.5, 0.6) is 0 Å². The molecule has 1 aliphatic heterocycles. The molecule has 5 rings (SSSR count). The van der Waals surface area contributed by atoms with Crippen LogP contribution in [0.4, 0.5) is 14.6 Å². The van der Waals surface area contributed by atoms with Gasteiger partial charge in [-0.05, 0) is 47.5 Å². The van der Waals surface area contributed by atoms with Crippen molar-refractivity contribution < 1.29 is 13.6 Å². The highest BCUT2D eigenvalue weighted by Crippen LogP contribution is 2.31. The van der Waals surface area contributed by atoms with E-state index >= 15 is 0 Å².